The standard InChI is InChI=1S/C15H14FNO2/c1-17(13-9-7-12(16)8-10-13)15(19)14(18)11-5-3-2-4-6-11/h2-10,14,18H,1H3. The van der Waals surface area contributed by atoms with Crippen LogP contribution in [0.5, 0.6) is 0 Å². The molecular weight excluding hydrogens is 245 g/mol. The van der Waals surface area contributed by atoms with E-state index in [2.05, 4.69) is 0 Å². The molecule has 0 aromatic heterocycles. The van der Waals surface area contributed by atoms with Crippen LogP contribution in [0.25, 0.3) is 0 Å². The molecule has 0 fully saturated rings. The Kier molecular flexibility index (Phi) is 3.92. The van der Waals surface area contributed by atoms with E-state index in [0.29, 0.717) is 11.3 Å². The zero-order chi connectivity index (χ0) is 13.8. The first-order valence-corrected chi connectivity index (χ1v) is 5.86. The molecule has 2 rings (SSSR count). The van der Waals surface area contributed by atoms with Gasteiger partial charge >= 0.3 is 0 Å². The second kappa shape index (κ2) is 5.63. The largest absolute Gasteiger partial charge is 0.378 e. The molecule has 1 unspecified atom stereocenters. The summed E-state index contributed by atoms with van der Waals surface area (Å²) in [4.78, 5) is 13.4. The van der Waals surface area contributed by atoms with E-state index >= 15 is 0 Å². The average Bonchev–Trinajstić information content (AvgIpc) is 2.46. The summed E-state index contributed by atoms with van der Waals surface area (Å²) in [6, 6.07) is 14.2. The number of nitrogens with zero attached hydrogens (tertiary/aromatic N) is 1. The summed E-state index contributed by atoms with van der Waals surface area (Å²) in [6.07, 6.45) is -1.23. The average molecular weight is 259 g/mol. The molecule has 0 aliphatic heterocycles. The fraction of sp³-hybridized carbons (Fsp3) is 0.133. The summed E-state index contributed by atoms with van der Waals surface area (Å²) in [5.74, 6) is -0.828. The molecule has 3 nitrogen and oxygen atoms in total. The van der Waals surface area contributed by atoms with Crippen molar-refractivity contribution in [2.24, 2.45) is 0 Å². The minimum absolute atomic E-state index is 0.367. The van der Waals surface area contributed by atoms with E-state index < -0.39 is 12.0 Å². The molecule has 0 spiro atoms. The van der Waals surface area contributed by atoms with Crippen LogP contribution in [0.15, 0.2) is 54.6 Å². The maximum Gasteiger partial charge on any atom is 0.260 e. The molecule has 1 amide bonds. The molecule has 0 bridgehead atoms. The van der Waals surface area contributed by atoms with Crippen molar-refractivity contribution >= 4 is 11.6 Å². The smallest absolute Gasteiger partial charge is 0.260 e. The summed E-state index contributed by atoms with van der Waals surface area (Å²) in [7, 11) is 1.54. The van der Waals surface area contributed by atoms with Gasteiger partial charge in [-0.15, -0.1) is 0 Å². The van der Waals surface area contributed by atoms with Gasteiger partial charge in [0.25, 0.3) is 5.91 Å². The van der Waals surface area contributed by atoms with Crippen LogP contribution in [0, 0.1) is 5.82 Å². The lowest BCUT2D eigenvalue weighted by atomic mass is 10.1. The van der Waals surface area contributed by atoms with Gasteiger partial charge in [-0.05, 0) is 29.8 Å². The molecule has 2 aromatic rings. The van der Waals surface area contributed by atoms with E-state index in [1.807, 2.05) is 6.07 Å². The normalized spacial score (nSPS) is 11.9. The monoisotopic (exact) mass is 259 g/mol. The summed E-state index contributed by atoms with van der Waals surface area (Å²) in [5, 5.41) is 10.0. The highest BCUT2D eigenvalue weighted by atomic mass is 19.1. The van der Waals surface area contributed by atoms with Crippen LogP contribution < -0.4 is 4.90 Å². The molecule has 0 radical (unpaired) electrons. The molecule has 0 saturated carbocycles. The molecule has 0 aliphatic carbocycles. The molecule has 1 N–H and O–H groups in total. The lowest BCUT2D eigenvalue weighted by Gasteiger charge is -2.21. The van der Waals surface area contributed by atoms with Crippen molar-refractivity contribution in [3.05, 3.63) is 66.0 Å². The van der Waals surface area contributed by atoms with Crippen LogP contribution in [0.4, 0.5) is 10.1 Å². The van der Waals surface area contributed by atoms with Gasteiger partial charge in [0.05, 0.1) is 0 Å². The Morgan fingerprint density at radius 1 is 1.11 bits per heavy atom. The second-order valence-corrected chi connectivity index (χ2v) is 4.19. The number of carbonyl (C=O) groups excluding carboxylic acids is 1. The highest BCUT2D eigenvalue weighted by molar-refractivity contribution is 5.96. The maximum absolute atomic E-state index is 12.8. The van der Waals surface area contributed by atoms with Crippen molar-refractivity contribution in [3.8, 4) is 0 Å². The van der Waals surface area contributed by atoms with Crippen LogP contribution in [0.1, 0.15) is 11.7 Å². The highest BCUT2D eigenvalue weighted by Crippen LogP contribution is 2.20. The van der Waals surface area contributed by atoms with E-state index in [1.54, 1.807) is 31.3 Å². The minimum Gasteiger partial charge on any atom is -0.378 e. The Labute approximate surface area is 110 Å². The van der Waals surface area contributed by atoms with Crippen LogP contribution in [0.2, 0.25) is 0 Å². The first-order chi connectivity index (χ1) is 9.09. The van der Waals surface area contributed by atoms with Crippen LogP contribution >= 0.6 is 0 Å². The Morgan fingerprint density at radius 3 is 2.26 bits per heavy atom. The summed E-state index contributed by atoms with van der Waals surface area (Å²) < 4.78 is 12.8. The highest BCUT2D eigenvalue weighted by Gasteiger charge is 2.21. The van der Waals surface area contributed by atoms with Gasteiger partial charge in [0, 0.05) is 12.7 Å². The number of halogens is 1. The number of hydrogen-bond acceptors (Lipinski definition) is 2. The Hall–Kier alpha value is -2.20. The van der Waals surface area contributed by atoms with Gasteiger partial charge in [-0.3, -0.25) is 4.79 Å². The van der Waals surface area contributed by atoms with Gasteiger partial charge in [-0.1, -0.05) is 30.3 Å². The number of amides is 1. The number of anilines is 1. The van der Waals surface area contributed by atoms with Crippen LogP contribution in [-0.2, 0) is 4.79 Å². The third-order valence-electron chi connectivity index (χ3n) is 2.89. The number of likely N-dealkylation sites (N-methyl/N-ethyl adjacent to an activating group) is 1. The van der Waals surface area contributed by atoms with E-state index in [4.69, 9.17) is 0 Å². The number of aliphatic hydroxyl groups excluding tert-OH is 1. The lowest BCUT2D eigenvalue weighted by molar-refractivity contribution is -0.126. The molecule has 1 atom stereocenters. The predicted molar refractivity (Wildman–Crippen MR) is 71.2 cm³/mol. The van der Waals surface area contributed by atoms with E-state index in [0.717, 1.165) is 0 Å². The molecule has 0 saturated heterocycles. The molecule has 19 heavy (non-hydrogen) atoms. The first kappa shape index (κ1) is 13.2. The fourth-order valence-corrected chi connectivity index (χ4v) is 1.75. The fourth-order valence-electron chi connectivity index (χ4n) is 1.75. The summed E-state index contributed by atoms with van der Waals surface area (Å²) >= 11 is 0. The number of rotatable bonds is 3. The zero-order valence-electron chi connectivity index (χ0n) is 10.5. The van der Waals surface area contributed by atoms with Crippen molar-refractivity contribution < 1.29 is 14.3 Å². The minimum atomic E-state index is -1.23. The summed E-state index contributed by atoms with van der Waals surface area (Å²) in [6.45, 7) is 0. The molecule has 98 valence electrons. The third-order valence-corrected chi connectivity index (χ3v) is 2.89. The number of aliphatic hydroxyl groups is 1. The van der Waals surface area contributed by atoms with Gasteiger partial charge in [-0.25, -0.2) is 4.39 Å². The summed E-state index contributed by atoms with van der Waals surface area (Å²) in [5.41, 5.74) is 1.06. The molecule has 2 aromatic carbocycles. The molecular formula is C15H14FNO2. The third kappa shape index (κ3) is 2.98. The zero-order valence-corrected chi connectivity index (χ0v) is 10.5. The Balaban J connectivity index is 2.17. The van der Waals surface area contributed by atoms with Crippen molar-refractivity contribution in [2.45, 2.75) is 6.10 Å². The van der Waals surface area contributed by atoms with Crippen LogP contribution in [-0.4, -0.2) is 18.1 Å². The van der Waals surface area contributed by atoms with Crippen LogP contribution in [0.3, 0.4) is 0 Å². The maximum atomic E-state index is 12.8. The quantitative estimate of drug-likeness (QED) is 0.920. The second-order valence-electron chi connectivity index (χ2n) is 4.19. The predicted octanol–water partition coefficient (Wildman–Crippen LogP) is 2.52. The van der Waals surface area contributed by atoms with E-state index in [1.165, 1.54) is 29.2 Å². The van der Waals surface area contributed by atoms with Gasteiger partial charge < -0.3 is 10.0 Å². The van der Waals surface area contributed by atoms with Crippen molar-refractivity contribution in [1.82, 2.24) is 0 Å². The number of hydrogen-bond donors (Lipinski definition) is 1. The van der Waals surface area contributed by atoms with Crippen molar-refractivity contribution in [2.75, 3.05) is 11.9 Å². The lowest BCUT2D eigenvalue weighted by Crippen LogP contribution is -2.31. The number of carbonyl (C=O) groups is 1. The molecule has 0 aliphatic rings. The number of benzene rings is 2. The van der Waals surface area contributed by atoms with Crippen molar-refractivity contribution in [3.63, 3.8) is 0 Å². The SMILES string of the molecule is CN(C(=O)C(O)c1ccccc1)c1ccc(F)cc1. The van der Waals surface area contributed by atoms with E-state index in [-0.39, 0.29) is 5.82 Å². The van der Waals surface area contributed by atoms with E-state index in [9.17, 15) is 14.3 Å². The van der Waals surface area contributed by atoms with Gasteiger partial charge in [0.2, 0.25) is 0 Å². The Bertz CT molecular complexity index is 554. The van der Waals surface area contributed by atoms with Gasteiger partial charge in [-0.2, -0.15) is 0 Å². The van der Waals surface area contributed by atoms with Crippen molar-refractivity contribution in [1.29, 1.82) is 0 Å². The van der Waals surface area contributed by atoms with Gasteiger partial charge in [0.1, 0.15) is 5.82 Å². The topological polar surface area (TPSA) is 40.5 Å². The molecule has 4 heteroatoms. The Morgan fingerprint density at radius 2 is 1.68 bits per heavy atom. The van der Waals surface area contributed by atoms with Gasteiger partial charge in [0.15, 0.2) is 6.10 Å². The first-order valence-electron chi connectivity index (χ1n) is 5.86. The molecule has 0 heterocycles.